The van der Waals surface area contributed by atoms with Crippen molar-refractivity contribution in [2.24, 2.45) is 17.8 Å². The van der Waals surface area contributed by atoms with E-state index in [1.807, 2.05) is 13.8 Å². The normalized spacial score (nSPS) is 12.7. The van der Waals surface area contributed by atoms with Crippen LogP contribution in [0.25, 0.3) is 5.57 Å². The standard InChI is InChI=1S/C34H53NO2.C2H6/c1-11-12-14-29(7)23-33(31-16-17-34(37-10)30(8)24-31)32(27(4)5)18-21-35(25-26(2)3)20-13-15-28(6)19-22-36-9;1-2/h16-18,23-24,26-28H,7,11,13,15,19-22,25H2,1-6,8-10H3;1-2H3/b32-18-,33-23-;. The molecule has 0 aliphatic carbocycles. The largest absolute Gasteiger partial charge is 0.496 e. The highest BCUT2D eigenvalue weighted by Crippen LogP contribution is 2.32. The first-order valence-corrected chi connectivity index (χ1v) is 15.1. The molecule has 0 aromatic heterocycles. The van der Waals surface area contributed by atoms with Crippen LogP contribution in [-0.2, 0) is 4.74 Å². The second-order valence-corrected chi connectivity index (χ2v) is 10.9. The fourth-order valence-electron chi connectivity index (χ4n) is 4.58. The third-order valence-corrected chi connectivity index (χ3v) is 6.56. The Morgan fingerprint density at radius 3 is 2.31 bits per heavy atom. The van der Waals surface area contributed by atoms with Gasteiger partial charge in [-0.25, -0.2) is 0 Å². The van der Waals surface area contributed by atoms with Crippen molar-refractivity contribution in [1.82, 2.24) is 4.90 Å². The Hall–Kier alpha value is -2.28. The van der Waals surface area contributed by atoms with Crippen molar-refractivity contribution < 1.29 is 9.47 Å². The fourth-order valence-corrected chi connectivity index (χ4v) is 4.58. The molecule has 0 aliphatic heterocycles. The zero-order chi connectivity index (χ0) is 29.8. The summed E-state index contributed by atoms with van der Waals surface area (Å²) in [5.41, 5.74) is 5.70. The summed E-state index contributed by atoms with van der Waals surface area (Å²) >= 11 is 0. The van der Waals surface area contributed by atoms with E-state index in [0.29, 0.717) is 17.8 Å². The van der Waals surface area contributed by atoms with Crippen molar-refractivity contribution in [3.63, 3.8) is 0 Å². The molecule has 1 unspecified atom stereocenters. The van der Waals surface area contributed by atoms with Crippen LogP contribution in [0.5, 0.6) is 5.75 Å². The molecule has 0 spiro atoms. The first kappa shape index (κ1) is 36.7. The molecule has 1 atom stereocenters. The first-order valence-electron chi connectivity index (χ1n) is 15.1. The molecule has 0 aliphatic rings. The molecule has 0 bridgehead atoms. The SMILES string of the molecule is C=C(C#CCC)/C=C(\C(=C/CN(CCCC(C)CCOC)CC(C)C)C(C)C)c1ccc(OC)c(C)c1.CC. The first-order chi connectivity index (χ1) is 18.6. The number of nitrogens with zero attached hydrogens (tertiary/aromatic N) is 1. The van der Waals surface area contributed by atoms with E-state index in [0.717, 1.165) is 56.0 Å². The van der Waals surface area contributed by atoms with Gasteiger partial charge in [-0.3, -0.25) is 4.90 Å². The van der Waals surface area contributed by atoms with Gasteiger partial charge in [-0.15, -0.1) is 0 Å². The van der Waals surface area contributed by atoms with Gasteiger partial charge < -0.3 is 9.47 Å². The lowest BCUT2D eigenvalue weighted by Gasteiger charge is -2.25. The zero-order valence-corrected chi connectivity index (χ0v) is 27.2. The predicted molar refractivity (Wildman–Crippen MR) is 173 cm³/mol. The summed E-state index contributed by atoms with van der Waals surface area (Å²) in [7, 11) is 3.51. The molecule has 0 amide bonds. The summed E-state index contributed by atoms with van der Waals surface area (Å²) in [5, 5.41) is 0. The summed E-state index contributed by atoms with van der Waals surface area (Å²) in [6.07, 6.45) is 9.02. The molecule has 0 saturated carbocycles. The number of aryl methyl sites for hydroxylation is 1. The Labute approximate surface area is 242 Å². The third kappa shape index (κ3) is 15.2. The highest BCUT2D eigenvalue weighted by molar-refractivity contribution is 5.82. The average molecular weight is 538 g/mol. The summed E-state index contributed by atoms with van der Waals surface area (Å²) in [5.74, 6) is 8.99. The maximum Gasteiger partial charge on any atom is 0.121 e. The number of allylic oxidation sites excluding steroid dienone is 4. The van der Waals surface area contributed by atoms with Gasteiger partial charge in [0.25, 0.3) is 0 Å². The van der Waals surface area contributed by atoms with Gasteiger partial charge in [0, 0.05) is 38.8 Å². The highest BCUT2D eigenvalue weighted by Gasteiger charge is 2.15. The van der Waals surface area contributed by atoms with Gasteiger partial charge in [-0.1, -0.05) is 86.0 Å². The van der Waals surface area contributed by atoms with Gasteiger partial charge in [-0.05, 0) is 91.0 Å². The topological polar surface area (TPSA) is 21.7 Å². The Kier molecular flexibility index (Phi) is 20.3. The smallest absolute Gasteiger partial charge is 0.121 e. The molecule has 0 fully saturated rings. The van der Waals surface area contributed by atoms with E-state index < -0.39 is 0 Å². The van der Waals surface area contributed by atoms with Crippen LogP contribution >= 0.6 is 0 Å². The Bertz CT molecular complexity index is 943. The lowest BCUT2D eigenvalue weighted by Crippen LogP contribution is -2.29. The van der Waals surface area contributed by atoms with Crippen LogP contribution in [0.2, 0.25) is 0 Å². The molecular formula is C36H59NO2. The number of methoxy groups -OCH3 is 2. The maximum atomic E-state index is 5.53. The predicted octanol–water partition coefficient (Wildman–Crippen LogP) is 9.38. The molecule has 1 rings (SSSR count). The molecule has 1 aromatic carbocycles. The molecule has 220 valence electrons. The van der Waals surface area contributed by atoms with E-state index >= 15 is 0 Å². The minimum atomic E-state index is 0.371. The quantitative estimate of drug-likeness (QED) is 0.155. The van der Waals surface area contributed by atoms with Gasteiger partial charge in [-0.2, -0.15) is 0 Å². The van der Waals surface area contributed by atoms with Gasteiger partial charge >= 0.3 is 0 Å². The average Bonchev–Trinajstić information content (AvgIpc) is 2.90. The van der Waals surface area contributed by atoms with Gasteiger partial charge in [0.1, 0.15) is 5.75 Å². The molecule has 39 heavy (non-hydrogen) atoms. The molecule has 0 heterocycles. The van der Waals surface area contributed by atoms with Crippen molar-refractivity contribution in [2.45, 2.75) is 88.0 Å². The molecule has 0 radical (unpaired) electrons. The summed E-state index contributed by atoms with van der Waals surface area (Å²) in [6, 6.07) is 6.43. The molecule has 3 nitrogen and oxygen atoms in total. The van der Waals surface area contributed by atoms with Crippen LogP contribution in [0.1, 0.15) is 92.2 Å². The van der Waals surface area contributed by atoms with Crippen LogP contribution in [-0.4, -0.2) is 45.4 Å². The molecular weight excluding hydrogens is 478 g/mol. The zero-order valence-electron chi connectivity index (χ0n) is 27.2. The van der Waals surface area contributed by atoms with Crippen LogP contribution in [0, 0.1) is 36.5 Å². The van der Waals surface area contributed by atoms with Crippen molar-refractivity contribution >= 4 is 5.57 Å². The fraction of sp³-hybridized carbons (Fsp3) is 0.611. The number of ether oxygens (including phenoxy) is 2. The lowest BCUT2D eigenvalue weighted by atomic mass is 9.87. The van der Waals surface area contributed by atoms with E-state index in [1.165, 1.54) is 29.6 Å². The molecule has 0 N–H and O–H groups in total. The van der Waals surface area contributed by atoms with Crippen molar-refractivity contribution in [3.05, 3.63) is 59.2 Å². The Morgan fingerprint density at radius 2 is 1.77 bits per heavy atom. The van der Waals surface area contributed by atoms with Crippen LogP contribution < -0.4 is 4.74 Å². The second-order valence-electron chi connectivity index (χ2n) is 10.9. The van der Waals surface area contributed by atoms with Crippen molar-refractivity contribution in [2.75, 3.05) is 40.5 Å². The van der Waals surface area contributed by atoms with Crippen molar-refractivity contribution in [1.29, 1.82) is 0 Å². The number of rotatable bonds is 16. The van der Waals surface area contributed by atoms with Gasteiger partial charge in [0.15, 0.2) is 0 Å². The summed E-state index contributed by atoms with van der Waals surface area (Å²) < 4.78 is 10.8. The van der Waals surface area contributed by atoms with Crippen molar-refractivity contribution in [3.8, 4) is 17.6 Å². The Morgan fingerprint density at radius 1 is 1.08 bits per heavy atom. The Balaban J connectivity index is 0.00000704. The van der Waals surface area contributed by atoms with E-state index in [4.69, 9.17) is 9.47 Å². The van der Waals surface area contributed by atoms with Gasteiger partial charge in [0.2, 0.25) is 0 Å². The van der Waals surface area contributed by atoms with Gasteiger partial charge in [0.05, 0.1) is 7.11 Å². The van der Waals surface area contributed by atoms with Crippen LogP contribution in [0.3, 0.4) is 0 Å². The number of hydrogen-bond acceptors (Lipinski definition) is 3. The summed E-state index contributed by atoms with van der Waals surface area (Å²) in [6.45, 7) is 27.9. The molecule has 0 saturated heterocycles. The summed E-state index contributed by atoms with van der Waals surface area (Å²) in [4.78, 5) is 2.61. The van der Waals surface area contributed by atoms with E-state index in [2.05, 4.69) is 102 Å². The lowest BCUT2D eigenvalue weighted by molar-refractivity contribution is 0.175. The van der Waals surface area contributed by atoms with E-state index in [-0.39, 0.29) is 0 Å². The minimum Gasteiger partial charge on any atom is -0.496 e. The highest BCUT2D eigenvalue weighted by atomic mass is 16.5. The van der Waals surface area contributed by atoms with Crippen LogP contribution in [0.15, 0.2) is 48.1 Å². The number of benzene rings is 1. The maximum absolute atomic E-state index is 5.53. The second kappa shape index (κ2) is 21.5. The van der Waals surface area contributed by atoms with E-state index in [9.17, 15) is 0 Å². The monoisotopic (exact) mass is 537 g/mol. The molecule has 3 heteroatoms. The number of hydrogen-bond donors (Lipinski definition) is 0. The minimum absolute atomic E-state index is 0.371. The van der Waals surface area contributed by atoms with E-state index in [1.54, 1.807) is 14.2 Å². The van der Waals surface area contributed by atoms with Crippen LogP contribution in [0.4, 0.5) is 0 Å². The third-order valence-electron chi connectivity index (χ3n) is 6.56. The molecule has 1 aromatic rings.